The van der Waals surface area contributed by atoms with Gasteiger partial charge in [0.05, 0.1) is 17.7 Å². The van der Waals surface area contributed by atoms with Crippen molar-refractivity contribution in [2.24, 2.45) is 0 Å². The van der Waals surface area contributed by atoms with Gasteiger partial charge in [0.15, 0.2) is 0 Å². The highest BCUT2D eigenvalue weighted by atomic mass is 32.2. The van der Waals surface area contributed by atoms with Gasteiger partial charge in [-0.2, -0.15) is 0 Å². The number of nitrogens with one attached hydrogen (secondary N) is 1. The summed E-state index contributed by atoms with van der Waals surface area (Å²) < 4.78 is 62.7. The zero-order chi connectivity index (χ0) is 31.7. The molecule has 11 heteroatoms. The molecule has 0 aliphatic heterocycles. The van der Waals surface area contributed by atoms with Gasteiger partial charge in [-0.15, -0.1) is 0 Å². The molecule has 44 heavy (non-hydrogen) atoms. The van der Waals surface area contributed by atoms with Crippen molar-refractivity contribution < 1.29 is 31.5 Å². The third-order valence-electron chi connectivity index (χ3n) is 6.96. The van der Waals surface area contributed by atoms with Gasteiger partial charge in [0.25, 0.3) is 10.0 Å². The van der Waals surface area contributed by atoms with E-state index >= 15 is 0 Å². The molecule has 0 saturated carbocycles. The van der Waals surface area contributed by atoms with E-state index in [0.29, 0.717) is 5.75 Å². The minimum absolute atomic E-state index is 0.0269. The second-order valence-electron chi connectivity index (χ2n) is 9.88. The van der Waals surface area contributed by atoms with Crippen LogP contribution in [0.15, 0.2) is 108 Å². The first-order chi connectivity index (χ1) is 21.1. The van der Waals surface area contributed by atoms with Gasteiger partial charge < -0.3 is 15.0 Å². The summed E-state index contributed by atoms with van der Waals surface area (Å²) in [7, 11) is -2.94. The number of halogens is 2. The lowest BCUT2D eigenvalue weighted by atomic mass is 10.0. The topological polar surface area (TPSA) is 96.0 Å². The quantitative estimate of drug-likeness (QED) is 0.228. The predicted octanol–water partition coefficient (Wildman–Crippen LogP) is 4.94. The van der Waals surface area contributed by atoms with E-state index in [-0.39, 0.29) is 35.7 Å². The maximum Gasteiger partial charge on any atom is 0.264 e. The van der Waals surface area contributed by atoms with E-state index in [1.165, 1.54) is 66.6 Å². The van der Waals surface area contributed by atoms with Gasteiger partial charge in [-0.3, -0.25) is 13.9 Å². The minimum atomic E-state index is -4.38. The van der Waals surface area contributed by atoms with Crippen molar-refractivity contribution in [3.8, 4) is 5.75 Å². The van der Waals surface area contributed by atoms with Gasteiger partial charge in [0.1, 0.15) is 30.0 Å². The molecular formula is C33H33F2N3O5S. The molecule has 230 valence electrons. The second-order valence-corrected chi connectivity index (χ2v) is 11.7. The molecule has 8 nitrogen and oxygen atoms in total. The number of likely N-dealkylation sites (N-methyl/N-ethyl adjacent to an activating group) is 1. The van der Waals surface area contributed by atoms with Crippen molar-refractivity contribution in [3.63, 3.8) is 0 Å². The number of hydrogen-bond donors (Lipinski definition) is 1. The summed E-state index contributed by atoms with van der Waals surface area (Å²) in [6.45, 7) is 0.955. The monoisotopic (exact) mass is 621 g/mol. The molecule has 4 aromatic rings. The van der Waals surface area contributed by atoms with Crippen LogP contribution in [0.1, 0.15) is 18.1 Å². The Bertz CT molecular complexity index is 1670. The molecule has 0 aromatic heterocycles. The van der Waals surface area contributed by atoms with E-state index in [2.05, 4.69) is 5.32 Å². The van der Waals surface area contributed by atoms with Crippen LogP contribution in [0, 0.1) is 11.6 Å². The number of amides is 2. The molecule has 0 fully saturated rings. The number of benzene rings is 4. The molecule has 1 N–H and O–H groups in total. The standard InChI is InChI=1S/C33H33F2N3O5S/c1-3-36-33(40)31(21-24-9-5-4-6-10-24)37(22-25-11-7-8-12-30(25)35)32(39)23-38(27-15-13-26(34)14-16-27)44(41,42)29-19-17-28(43-2)18-20-29/h4-20,31H,3,21-23H2,1-2H3,(H,36,40)/t31-/m0/s1. The fourth-order valence-electron chi connectivity index (χ4n) is 4.67. The highest BCUT2D eigenvalue weighted by Gasteiger charge is 2.35. The number of methoxy groups -OCH3 is 1. The fourth-order valence-corrected chi connectivity index (χ4v) is 6.08. The molecule has 0 spiro atoms. The lowest BCUT2D eigenvalue weighted by Gasteiger charge is -2.34. The summed E-state index contributed by atoms with van der Waals surface area (Å²) in [6, 6.07) is 24.0. The minimum Gasteiger partial charge on any atom is -0.497 e. The molecular weight excluding hydrogens is 588 g/mol. The number of carbonyl (C=O) groups is 2. The first kappa shape index (κ1) is 32.2. The Kier molecular flexibility index (Phi) is 10.7. The van der Waals surface area contributed by atoms with Crippen LogP contribution in [0.25, 0.3) is 0 Å². The van der Waals surface area contributed by atoms with E-state index in [4.69, 9.17) is 4.74 Å². The Balaban J connectivity index is 1.80. The van der Waals surface area contributed by atoms with Crippen LogP contribution in [-0.4, -0.2) is 51.4 Å². The van der Waals surface area contributed by atoms with E-state index in [1.54, 1.807) is 37.3 Å². The van der Waals surface area contributed by atoms with Crippen molar-refractivity contribution >= 4 is 27.5 Å². The molecule has 0 aliphatic rings. The van der Waals surface area contributed by atoms with E-state index < -0.39 is 46.1 Å². The lowest BCUT2D eigenvalue weighted by Crippen LogP contribution is -2.53. The van der Waals surface area contributed by atoms with Crippen LogP contribution in [0.4, 0.5) is 14.5 Å². The summed E-state index contributed by atoms with van der Waals surface area (Å²) in [4.78, 5) is 28.8. The molecule has 0 radical (unpaired) electrons. The lowest BCUT2D eigenvalue weighted by molar-refractivity contribution is -0.140. The van der Waals surface area contributed by atoms with Crippen LogP contribution >= 0.6 is 0 Å². The average molecular weight is 622 g/mol. The third kappa shape index (κ3) is 7.78. The van der Waals surface area contributed by atoms with Crippen molar-refractivity contribution in [1.82, 2.24) is 10.2 Å². The van der Waals surface area contributed by atoms with Crippen LogP contribution in [0.3, 0.4) is 0 Å². The number of ether oxygens (including phenoxy) is 1. The maximum absolute atomic E-state index is 14.9. The van der Waals surface area contributed by atoms with E-state index in [1.807, 2.05) is 6.07 Å². The van der Waals surface area contributed by atoms with E-state index in [0.717, 1.165) is 22.0 Å². The molecule has 0 aliphatic carbocycles. The second kappa shape index (κ2) is 14.6. The maximum atomic E-state index is 14.9. The van der Waals surface area contributed by atoms with Crippen molar-refractivity contribution in [1.29, 1.82) is 0 Å². The molecule has 0 unspecified atom stereocenters. The molecule has 4 rings (SSSR count). The summed E-state index contributed by atoms with van der Waals surface area (Å²) in [6.07, 6.45) is 0.0919. The molecule has 0 bridgehead atoms. The number of sulfonamides is 1. The zero-order valence-electron chi connectivity index (χ0n) is 24.3. The van der Waals surface area contributed by atoms with Crippen molar-refractivity contribution in [2.45, 2.75) is 30.8 Å². The molecule has 0 heterocycles. The normalized spacial score (nSPS) is 11.8. The Morgan fingerprint density at radius 1 is 0.864 bits per heavy atom. The Hall–Kier alpha value is -4.77. The fraction of sp³-hybridized carbons (Fsp3) is 0.212. The molecule has 4 aromatic carbocycles. The number of hydrogen-bond acceptors (Lipinski definition) is 5. The molecule has 0 saturated heterocycles. The number of anilines is 1. The Labute approximate surface area is 255 Å². The van der Waals surface area contributed by atoms with Crippen LogP contribution in [0.2, 0.25) is 0 Å². The molecule has 2 amide bonds. The van der Waals surface area contributed by atoms with Crippen LogP contribution in [-0.2, 0) is 32.6 Å². The van der Waals surface area contributed by atoms with Gasteiger partial charge >= 0.3 is 0 Å². The van der Waals surface area contributed by atoms with Crippen molar-refractivity contribution in [3.05, 3.63) is 126 Å². The SMILES string of the molecule is CCNC(=O)[C@H](Cc1ccccc1)N(Cc1ccccc1F)C(=O)CN(c1ccc(F)cc1)S(=O)(=O)c1ccc(OC)cc1. The number of nitrogens with zero attached hydrogens (tertiary/aromatic N) is 2. The smallest absolute Gasteiger partial charge is 0.264 e. The van der Waals surface area contributed by atoms with Gasteiger partial charge in [-0.25, -0.2) is 17.2 Å². The van der Waals surface area contributed by atoms with Gasteiger partial charge in [-0.05, 0) is 67.1 Å². The number of rotatable bonds is 13. The van der Waals surface area contributed by atoms with E-state index in [9.17, 15) is 26.8 Å². The Morgan fingerprint density at radius 3 is 2.11 bits per heavy atom. The van der Waals surface area contributed by atoms with Crippen molar-refractivity contribution in [2.75, 3.05) is 24.5 Å². The number of carbonyl (C=O) groups excluding carboxylic acids is 2. The van der Waals surface area contributed by atoms with Crippen LogP contribution < -0.4 is 14.4 Å². The average Bonchev–Trinajstić information content (AvgIpc) is 3.03. The van der Waals surface area contributed by atoms with Gasteiger partial charge in [0, 0.05) is 25.1 Å². The summed E-state index contributed by atoms with van der Waals surface area (Å²) in [5.74, 6) is -1.99. The third-order valence-corrected chi connectivity index (χ3v) is 8.75. The summed E-state index contributed by atoms with van der Waals surface area (Å²) >= 11 is 0. The largest absolute Gasteiger partial charge is 0.497 e. The summed E-state index contributed by atoms with van der Waals surface area (Å²) in [5, 5.41) is 2.75. The predicted molar refractivity (Wildman–Crippen MR) is 163 cm³/mol. The van der Waals surface area contributed by atoms with Gasteiger partial charge in [0.2, 0.25) is 11.8 Å². The first-order valence-electron chi connectivity index (χ1n) is 13.9. The van der Waals surface area contributed by atoms with Gasteiger partial charge in [-0.1, -0.05) is 48.5 Å². The highest BCUT2D eigenvalue weighted by Crippen LogP contribution is 2.27. The summed E-state index contributed by atoms with van der Waals surface area (Å²) in [5.41, 5.74) is 0.921. The van der Waals surface area contributed by atoms with Crippen LogP contribution in [0.5, 0.6) is 5.75 Å². The molecule has 1 atom stereocenters. The Morgan fingerprint density at radius 2 is 1.50 bits per heavy atom. The zero-order valence-corrected chi connectivity index (χ0v) is 25.1. The highest BCUT2D eigenvalue weighted by molar-refractivity contribution is 7.92. The first-order valence-corrected chi connectivity index (χ1v) is 15.3.